The maximum absolute atomic E-state index is 8.91. The molecule has 0 radical (unpaired) electrons. The predicted molar refractivity (Wildman–Crippen MR) is 72.5 cm³/mol. The van der Waals surface area contributed by atoms with Gasteiger partial charge in [0.25, 0.3) is 0 Å². The van der Waals surface area contributed by atoms with E-state index in [9.17, 15) is 0 Å². The number of ether oxygens (including phenoxy) is 1. The molecule has 4 nitrogen and oxygen atoms in total. The van der Waals surface area contributed by atoms with E-state index in [2.05, 4.69) is 16.4 Å². The summed E-state index contributed by atoms with van der Waals surface area (Å²) in [5, 5.41) is 12.2. The molecule has 96 valence electrons. The van der Waals surface area contributed by atoms with Gasteiger partial charge in [-0.05, 0) is 30.3 Å². The van der Waals surface area contributed by atoms with E-state index < -0.39 is 0 Å². The van der Waals surface area contributed by atoms with Gasteiger partial charge in [-0.2, -0.15) is 5.26 Å². The lowest BCUT2D eigenvalue weighted by atomic mass is 10.1. The van der Waals surface area contributed by atoms with Crippen molar-refractivity contribution in [2.75, 3.05) is 7.11 Å². The van der Waals surface area contributed by atoms with E-state index in [1.54, 1.807) is 19.4 Å². The summed E-state index contributed by atoms with van der Waals surface area (Å²) in [6.45, 7) is 1.32. The maximum Gasteiger partial charge on any atom is 0.123 e. The molecule has 1 aromatic carbocycles. The molecule has 2 aromatic rings. The SMILES string of the molecule is COc1ccc(C#N)cc1CNCc1ccccn1. The number of hydrogen-bond acceptors (Lipinski definition) is 4. The van der Waals surface area contributed by atoms with Gasteiger partial charge in [0.2, 0.25) is 0 Å². The highest BCUT2D eigenvalue weighted by Gasteiger charge is 2.04. The van der Waals surface area contributed by atoms with Crippen molar-refractivity contribution in [1.29, 1.82) is 5.26 Å². The molecule has 0 saturated heterocycles. The lowest BCUT2D eigenvalue weighted by molar-refractivity contribution is 0.407. The first kappa shape index (κ1) is 13.1. The Bertz CT molecular complexity index is 576. The highest BCUT2D eigenvalue weighted by molar-refractivity contribution is 5.41. The van der Waals surface area contributed by atoms with Gasteiger partial charge >= 0.3 is 0 Å². The maximum atomic E-state index is 8.91. The van der Waals surface area contributed by atoms with Gasteiger partial charge in [-0.15, -0.1) is 0 Å². The molecule has 0 fully saturated rings. The van der Waals surface area contributed by atoms with Crippen molar-refractivity contribution in [2.45, 2.75) is 13.1 Å². The van der Waals surface area contributed by atoms with E-state index in [1.807, 2.05) is 30.3 Å². The van der Waals surface area contributed by atoms with Crippen molar-refractivity contribution in [2.24, 2.45) is 0 Å². The van der Waals surface area contributed by atoms with Crippen LogP contribution in [0.3, 0.4) is 0 Å². The molecule has 0 unspecified atom stereocenters. The van der Waals surface area contributed by atoms with Crippen LogP contribution in [0.25, 0.3) is 0 Å². The van der Waals surface area contributed by atoms with E-state index in [-0.39, 0.29) is 0 Å². The van der Waals surface area contributed by atoms with Crippen LogP contribution in [0.15, 0.2) is 42.6 Å². The summed E-state index contributed by atoms with van der Waals surface area (Å²) >= 11 is 0. The smallest absolute Gasteiger partial charge is 0.123 e. The minimum absolute atomic E-state index is 0.634. The number of rotatable bonds is 5. The van der Waals surface area contributed by atoms with Gasteiger partial charge in [0.05, 0.1) is 24.4 Å². The number of hydrogen-bond donors (Lipinski definition) is 1. The Balaban J connectivity index is 2.01. The molecule has 0 saturated carbocycles. The molecule has 0 spiro atoms. The summed E-state index contributed by atoms with van der Waals surface area (Å²) in [4.78, 5) is 4.24. The van der Waals surface area contributed by atoms with Crippen molar-refractivity contribution < 1.29 is 4.74 Å². The first-order valence-corrected chi connectivity index (χ1v) is 6.01. The molecule has 0 amide bonds. The second-order valence-corrected chi connectivity index (χ2v) is 4.06. The monoisotopic (exact) mass is 253 g/mol. The van der Waals surface area contributed by atoms with Crippen LogP contribution in [0.5, 0.6) is 5.75 Å². The van der Waals surface area contributed by atoms with Crippen LogP contribution >= 0.6 is 0 Å². The van der Waals surface area contributed by atoms with Gasteiger partial charge in [0.1, 0.15) is 5.75 Å². The first-order chi connectivity index (χ1) is 9.33. The first-order valence-electron chi connectivity index (χ1n) is 6.01. The van der Waals surface area contributed by atoms with Gasteiger partial charge in [-0.3, -0.25) is 4.98 Å². The molecule has 1 N–H and O–H groups in total. The third-order valence-corrected chi connectivity index (χ3v) is 2.76. The van der Waals surface area contributed by atoms with Crippen LogP contribution in [-0.4, -0.2) is 12.1 Å². The second-order valence-electron chi connectivity index (χ2n) is 4.06. The molecule has 2 rings (SSSR count). The molecule has 0 atom stereocenters. The van der Waals surface area contributed by atoms with Crippen LogP contribution in [0, 0.1) is 11.3 Å². The van der Waals surface area contributed by atoms with Crippen molar-refractivity contribution >= 4 is 0 Å². The van der Waals surface area contributed by atoms with Gasteiger partial charge in [-0.1, -0.05) is 6.07 Å². The van der Waals surface area contributed by atoms with Gasteiger partial charge in [0.15, 0.2) is 0 Å². The molecule has 1 heterocycles. The van der Waals surface area contributed by atoms with Crippen molar-refractivity contribution in [3.8, 4) is 11.8 Å². The Hall–Kier alpha value is -2.38. The summed E-state index contributed by atoms with van der Waals surface area (Å²) in [7, 11) is 1.63. The van der Waals surface area contributed by atoms with E-state index >= 15 is 0 Å². The van der Waals surface area contributed by atoms with E-state index in [0.29, 0.717) is 18.7 Å². The zero-order valence-electron chi connectivity index (χ0n) is 10.8. The average molecular weight is 253 g/mol. The largest absolute Gasteiger partial charge is 0.496 e. The Morgan fingerprint density at radius 2 is 2.16 bits per heavy atom. The van der Waals surface area contributed by atoms with E-state index in [1.165, 1.54) is 0 Å². The Labute approximate surface area is 112 Å². The van der Waals surface area contributed by atoms with Crippen LogP contribution in [0.2, 0.25) is 0 Å². The fourth-order valence-corrected chi connectivity index (χ4v) is 1.81. The molecule has 1 aromatic heterocycles. The van der Waals surface area contributed by atoms with Gasteiger partial charge < -0.3 is 10.1 Å². The summed E-state index contributed by atoms with van der Waals surface area (Å²) < 4.78 is 5.28. The topological polar surface area (TPSA) is 57.9 Å². The normalized spacial score (nSPS) is 9.89. The molecule has 4 heteroatoms. The molecular formula is C15H15N3O. The molecular weight excluding hydrogens is 238 g/mol. The number of nitrogens with one attached hydrogen (secondary N) is 1. The van der Waals surface area contributed by atoms with Crippen LogP contribution in [0.1, 0.15) is 16.8 Å². The fraction of sp³-hybridized carbons (Fsp3) is 0.200. The molecule has 0 aliphatic heterocycles. The minimum atomic E-state index is 0.634. The molecule has 0 bridgehead atoms. The van der Waals surface area contributed by atoms with Crippen molar-refractivity contribution in [3.63, 3.8) is 0 Å². The molecule has 19 heavy (non-hydrogen) atoms. The van der Waals surface area contributed by atoms with Gasteiger partial charge in [0, 0.05) is 24.8 Å². The highest BCUT2D eigenvalue weighted by Crippen LogP contribution is 2.19. The zero-order chi connectivity index (χ0) is 13.5. The molecule has 0 aliphatic rings. The number of pyridine rings is 1. The summed E-state index contributed by atoms with van der Waals surface area (Å²) in [6, 6.07) is 13.4. The van der Waals surface area contributed by atoms with Crippen LogP contribution in [-0.2, 0) is 13.1 Å². The number of aromatic nitrogens is 1. The quantitative estimate of drug-likeness (QED) is 0.888. The number of benzene rings is 1. The Morgan fingerprint density at radius 1 is 1.26 bits per heavy atom. The predicted octanol–water partition coefficient (Wildman–Crippen LogP) is 2.25. The summed E-state index contributed by atoms with van der Waals surface area (Å²) in [5.41, 5.74) is 2.59. The van der Waals surface area contributed by atoms with Crippen LogP contribution < -0.4 is 10.1 Å². The van der Waals surface area contributed by atoms with Crippen molar-refractivity contribution in [1.82, 2.24) is 10.3 Å². The van der Waals surface area contributed by atoms with Crippen molar-refractivity contribution in [3.05, 3.63) is 59.4 Å². The fourth-order valence-electron chi connectivity index (χ4n) is 1.81. The Morgan fingerprint density at radius 3 is 2.84 bits per heavy atom. The van der Waals surface area contributed by atoms with Gasteiger partial charge in [-0.25, -0.2) is 0 Å². The standard InChI is InChI=1S/C15H15N3O/c1-19-15-6-5-12(9-16)8-13(15)10-17-11-14-4-2-3-7-18-14/h2-8,17H,10-11H2,1H3. The summed E-state index contributed by atoms with van der Waals surface area (Å²) in [6.07, 6.45) is 1.77. The number of nitriles is 1. The number of nitrogens with zero attached hydrogens (tertiary/aromatic N) is 2. The van der Waals surface area contributed by atoms with E-state index in [0.717, 1.165) is 17.0 Å². The van der Waals surface area contributed by atoms with Crippen LogP contribution in [0.4, 0.5) is 0 Å². The minimum Gasteiger partial charge on any atom is -0.496 e. The second kappa shape index (κ2) is 6.53. The lowest BCUT2D eigenvalue weighted by Crippen LogP contribution is -2.14. The highest BCUT2D eigenvalue weighted by atomic mass is 16.5. The van der Waals surface area contributed by atoms with E-state index in [4.69, 9.17) is 10.00 Å². The summed E-state index contributed by atoms with van der Waals surface area (Å²) in [5.74, 6) is 0.785. The zero-order valence-corrected chi connectivity index (χ0v) is 10.8. The lowest BCUT2D eigenvalue weighted by Gasteiger charge is -2.09. The average Bonchev–Trinajstić information content (AvgIpc) is 2.48. The Kier molecular flexibility index (Phi) is 4.49. The third-order valence-electron chi connectivity index (χ3n) is 2.76. The number of methoxy groups -OCH3 is 1. The molecule has 0 aliphatic carbocycles. The third kappa shape index (κ3) is 3.54.